The number of thiophene rings is 1. The van der Waals surface area contributed by atoms with Crippen molar-refractivity contribution in [2.24, 2.45) is 0 Å². The Bertz CT molecular complexity index is 3960. The van der Waals surface area contributed by atoms with E-state index < -0.39 is 0 Å². The van der Waals surface area contributed by atoms with Crippen molar-refractivity contribution in [1.29, 1.82) is 0 Å². The predicted octanol–water partition coefficient (Wildman–Crippen LogP) is 16.5. The Morgan fingerprint density at radius 1 is 0.303 bits per heavy atom. The fourth-order valence-electron chi connectivity index (χ4n) is 9.76. The minimum absolute atomic E-state index is 0.596. The highest BCUT2D eigenvalue weighted by Crippen LogP contribution is 2.42. The first-order valence-electron chi connectivity index (χ1n) is 22.3. The number of fused-ring (bicyclic) bond motifs is 7. The first-order valence-corrected chi connectivity index (χ1v) is 23.1. The summed E-state index contributed by atoms with van der Waals surface area (Å²) in [6.45, 7) is 0. The molecule has 0 aliphatic heterocycles. The number of hydrogen-bond acceptors (Lipinski definition) is 4. The average molecular weight is 859 g/mol. The number of aromatic nitrogens is 4. The van der Waals surface area contributed by atoms with Gasteiger partial charge in [0.2, 0.25) is 0 Å². The van der Waals surface area contributed by atoms with Crippen molar-refractivity contribution < 1.29 is 0 Å². The first kappa shape index (κ1) is 38.0. The van der Waals surface area contributed by atoms with Crippen LogP contribution >= 0.6 is 11.3 Å². The molecule has 0 bridgehead atoms. The average Bonchev–Trinajstić information content (AvgIpc) is 3.95. The molecule has 3 aromatic heterocycles. The summed E-state index contributed by atoms with van der Waals surface area (Å²) in [5.41, 5.74) is 12.8. The SMILES string of the molecule is c1ccc(-c2ccc(-c3nc(-c4cccc(-c5cccc6ccccc56)c4)nc(-c4cccc(-c5cccc6c5sc5ccccc56)c4)n3)c(-n3c4ccccc4c4ccccc43)c2)cc1. The van der Waals surface area contributed by atoms with Crippen LogP contribution in [0.4, 0.5) is 0 Å². The van der Waals surface area contributed by atoms with Gasteiger partial charge in [-0.1, -0.05) is 188 Å². The zero-order valence-electron chi connectivity index (χ0n) is 35.6. The molecule has 4 nitrogen and oxygen atoms in total. The van der Waals surface area contributed by atoms with E-state index in [1.165, 1.54) is 47.3 Å². The molecular formula is C61H38N4S. The van der Waals surface area contributed by atoms with Crippen LogP contribution in [-0.2, 0) is 0 Å². The lowest BCUT2D eigenvalue weighted by Crippen LogP contribution is -2.04. The van der Waals surface area contributed by atoms with Crippen LogP contribution in [0.25, 0.3) is 126 Å². The van der Waals surface area contributed by atoms with Gasteiger partial charge in [0.15, 0.2) is 17.5 Å². The van der Waals surface area contributed by atoms with Gasteiger partial charge in [-0.2, -0.15) is 0 Å². The van der Waals surface area contributed by atoms with E-state index in [0.717, 1.165) is 61.2 Å². The van der Waals surface area contributed by atoms with Crippen molar-refractivity contribution in [2.45, 2.75) is 0 Å². The lowest BCUT2D eigenvalue weighted by Gasteiger charge is -2.17. The van der Waals surface area contributed by atoms with E-state index >= 15 is 0 Å². The summed E-state index contributed by atoms with van der Waals surface area (Å²) in [6.07, 6.45) is 0. The Hall–Kier alpha value is -8.51. The second-order valence-electron chi connectivity index (χ2n) is 16.7. The highest BCUT2D eigenvalue weighted by atomic mass is 32.1. The monoisotopic (exact) mass is 858 g/mol. The summed E-state index contributed by atoms with van der Waals surface area (Å²) in [4.78, 5) is 16.3. The van der Waals surface area contributed by atoms with E-state index in [0.29, 0.717) is 17.5 Å². The largest absolute Gasteiger partial charge is 0.308 e. The maximum atomic E-state index is 5.45. The van der Waals surface area contributed by atoms with Gasteiger partial charge in [0, 0.05) is 47.6 Å². The van der Waals surface area contributed by atoms with Crippen LogP contribution in [0.3, 0.4) is 0 Å². The molecule has 0 saturated heterocycles. The lowest BCUT2D eigenvalue weighted by atomic mass is 9.97. The Morgan fingerprint density at radius 2 is 0.818 bits per heavy atom. The normalized spacial score (nSPS) is 11.6. The second-order valence-corrected chi connectivity index (χ2v) is 17.8. The number of hydrogen-bond donors (Lipinski definition) is 0. The van der Waals surface area contributed by atoms with Crippen LogP contribution in [-0.4, -0.2) is 19.5 Å². The topological polar surface area (TPSA) is 43.6 Å². The predicted molar refractivity (Wildman–Crippen MR) is 277 cm³/mol. The van der Waals surface area contributed by atoms with Gasteiger partial charge in [-0.25, -0.2) is 15.0 Å². The Kier molecular flexibility index (Phi) is 9.00. The summed E-state index contributed by atoms with van der Waals surface area (Å²) in [7, 11) is 0. The smallest absolute Gasteiger partial charge is 0.166 e. The third-order valence-electron chi connectivity index (χ3n) is 12.9. The van der Waals surface area contributed by atoms with Crippen molar-refractivity contribution in [2.75, 3.05) is 0 Å². The van der Waals surface area contributed by atoms with Crippen LogP contribution in [0.2, 0.25) is 0 Å². The molecule has 0 spiro atoms. The summed E-state index contributed by atoms with van der Waals surface area (Å²) >= 11 is 1.84. The van der Waals surface area contributed by atoms with Gasteiger partial charge in [0.05, 0.1) is 16.7 Å². The third-order valence-corrected chi connectivity index (χ3v) is 14.1. The summed E-state index contributed by atoms with van der Waals surface area (Å²) in [5, 5.41) is 7.34. The van der Waals surface area contributed by atoms with Gasteiger partial charge < -0.3 is 4.57 Å². The van der Waals surface area contributed by atoms with Crippen LogP contribution in [0, 0.1) is 0 Å². The molecule has 13 rings (SSSR count). The molecule has 0 fully saturated rings. The fourth-order valence-corrected chi connectivity index (χ4v) is 11.0. The zero-order valence-corrected chi connectivity index (χ0v) is 36.5. The molecule has 5 heteroatoms. The van der Waals surface area contributed by atoms with Crippen LogP contribution < -0.4 is 0 Å². The van der Waals surface area contributed by atoms with Gasteiger partial charge in [0.25, 0.3) is 0 Å². The van der Waals surface area contributed by atoms with Gasteiger partial charge in [0.1, 0.15) is 0 Å². The van der Waals surface area contributed by atoms with Crippen LogP contribution in [0.15, 0.2) is 231 Å². The van der Waals surface area contributed by atoms with Gasteiger partial charge in [-0.05, 0) is 86.6 Å². The van der Waals surface area contributed by atoms with E-state index in [4.69, 9.17) is 15.0 Å². The molecule has 0 aliphatic carbocycles. The maximum absolute atomic E-state index is 5.45. The molecule has 0 aliphatic rings. The van der Waals surface area contributed by atoms with E-state index in [-0.39, 0.29) is 0 Å². The van der Waals surface area contributed by atoms with Crippen LogP contribution in [0.5, 0.6) is 0 Å². The van der Waals surface area contributed by atoms with Crippen molar-refractivity contribution >= 4 is 64.1 Å². The molecule has 308 valence electrons. The standard InChI is InChI=1S/C61H38N4S/c1-2-16-39(17-3-1)41-34-35-53(56(38-41)65-54-31-9-6-25-49(54)50-26-7-10-32-55(50)65)61-63-59(44-22-12-20-42(36-44)47-28-14-19-40-18-4-5-24-46(40)47)62-60(64-61)45-23-13-21-43(37-45)48-29-15-30-52-51-27-8-11-33-57(51)66-58(48)52/h1-38H. The van der Waals surface area contributed by atoms with Crippen molar-refractivity contribution in [1.82, 2.24) is 19.5 Å². The summed E-state index contributed by atoms with van der Waals surface area (Å²) in [6, 6.07) is 82.2. The highest BCUT2D eigenvalue weighted by Gasteiger charge is 2.21. The summed E-state index contributed by atoms with van der Waals surface area (Å²) < 4.78 is 4.93. The minimum atomic E-state index is 0.596. The molecule has 0 saturated carbocycles. The quantitative estimate of drug-likeness (QED) is 0.160. The lowest BCUT2D eigenvalue weighted by molar-refractivity contribution is 1.06. The highest BCUT2D eigenvalue weighted by molar-refractivity contribution is 7.26. The molecular weight excluding hydrogens is 821 g/mol. The molecule has 10 aromatic carbocycles. The summed E-state index contributed by atoms with van der Waals surface area (Å²) in [5.74, 6) is 1.81. The molecule has 0 amide bonds. The molecule has 0 atom stereocenters. The number of rotatable bonds is 7. The second kappa shape index (κ2) is 15.6. The number of para-hydroxylation sites is 2. The van der Waals surface area contributed by atoms with Gasteiger partial charge in [-0.3, -0.25) is 0 Å². The van der Waals surface area contributed by atoms with E-state index in [1.807, 2.05) is 11.3 Å². The number of nitrogens with zero attached hydrogens (tertiary/aromatic N) is 4. The zero-order chi connectivity index (χ0) is 43.6. The Labute approximate surface area is 385 Å². The van der Waals surface area contributed by atoms with E-state index in [1.54, 1.807) is 0 Å². The number of benzene rings is 10. The van der Waals surface area contributed by atoms with Crippen molar-refractivity contribution in [3.63, 3.8) is 0 Å². The van der Waals surface area contributed by atoms with E-state index in [9.17, 15) is 0 Å². The van der Waals surface area contributed by atoms with Gasteiger partial charge in [-0.15, -0.1) is 11.3 Å². The van der Waals surface area contributed by atoms with Gasteiger partial charge >= 0.3 is 0 Å². The molecule has 13 aromatic rings. The van der Waals surface area contributed by atoms with E-state index in [2.05, 4.69) is 235 Å². The molecule has 3 heterocycles. The fraction of sp³-hybridized carbons (Fsp3) is 0. The maximum Gasteiger partial charge on any atom is 0.166 e. The van der Waals surface area contributed by atoms with Crippen molar-refractivity contribution in [3.8, 4) is 73.2 Å². The van der Waals surface area contributed by atoms with Crippen LogP contribution in [0.1, 0.15) is 0 Å². The molecule has 66 heavy (non-hydrogen) atoms. The third kappa shape index (κ3) is 6.40. The van der Waals surface area contributed by atoms with Crippen molar-refractivity contribution in [3.05, 3.63) is 231 Å². The Morgan fingerprint density at radius 3 is 1.56 bits per heavy atom. The molecule has 0 radical (unpaired) electrons. The molecule has 0 unspecified atom stereocenters. The Balaban J connectivity index is 1.05. The minimum Gasteiger partial charge on any atom is -0.308 e. The first-order chi connectivity index (χ1) is 32.7. The molecule has 0 N–H and O–H groups in total.